The Bertz CT molecular complexity index is 410. The zero-order valence-corrected chi connectivity index (χ0v) is 11.2. The predicted molar refractivity (Wildman–Crippen MR) is 58.9 cm³/mol. The Labute approximate surface area is 117 Å². The molecule has 0 bridgehead atoms. The molecule has 0 fully saturated rings. The number of halogens is 4. The number of esters is 2. The lowest BCUT2D eigenvalue weighted by atomic mass is 10.1. The first kappa shape index (κ1) is 19.1. The van der Waals surface area contributed by atoms with E-state index in [1.807, 2.05) is 0 Å². The van der Waals surface area contributed by atoms with E-state index in [9.17, 15) is 31.9 Å². The van der Waals surface area contributed by atoms with Crippen LogP contribution < -0.4 is 0 Å². The van der Waals surface area contributed by atoms with Crippen LogP contribution in [0.3, 0.4) is 0 Å². The van der Waals surface area contributed by atoms with Crippen LogP contribution in [-0.2, 0) is 23.9 Å². The molecular weight excluding hydrogens is 304 g/mol. The maximum Gasteiger partial charge on any atom is 0.415 e. The summed E-state index contributed by atoms with van der Waals surface area (Å²) in [7, 11) is 0. The highest BCUT2D eigenvalue weighted by Crippen LogP contribution is 2.35. The molecule has 1 unspecified atom stereocenters. The van der Waals surface area contributed by atoms with Gasteiger partial charge in [0.05, 0.1) is 5.92 Å². The predicted octanol–water partition coefficient (Wildman–Crippen LogP) is 1.47. The Morgan fingerprint density at radius 1 is 1.05 bits per heavy atom. The van der Waals surface area contributed by atoms with Gasteiger partial charge in [0.15, 0.2) is 0 Å². The minimum Gasteiger partial charge on any atom is -0.477 e. The summed E-state index contributed by atoms with van der Waals surface area (Å²) in [4.78, 5) is 31.9. The zero-order chi connectivity index (χ0) is 16.8. The Hall–Kier alpha value is -1.87. The van der Waals surface area contributed by atoms with E-state index in [1.54, 1.807) is 6.92 Å². The van der Waals surface area contributed by atoms with Crippen molar-refractivity contribution in [2.75, 3.05) is 13.2 Å². The zero-order valence-electron chi connectivity index (χ0n) is 11.2. The monoisotopic (exact) mass is 318 g/mol. The Morgan fingerprint density at radius 2 is 1.52 bits per heavy atom. The fourth-order valence-corrected chi connectivity index (χ4v) is 0.939. The van der Waals surface area contributed by atoms with Crippen molar-refractivity contribution in [1.82, 2.24) is 0 Å². The van der Waals surface area contributed by atoms with Gasteiger partial charge in [-0.25, -0.2) is 9.59 Å². The molecule has 0 aliphatic carbocycles. The van der Waals surface area contributed by atoms with Crippen molar-refractivity contribution in [1.29, 1.82) is 0 Å². The van der Waals surface area contributed by atoms with E-state index in [1.165, 1.54) is 6.92 Å². The highest BCUT2D eigenvalue weighted by atomic mass is 19.3. The maximum atomic E-state index is 12.9. The van der Waals surface area contributed by atoms with Crippen molar-refractivity contribution in [2.45, 2.75) is 32.1 Å². The topological polar surface area (TPSA) is 89.9 Å². The second-order valence-electron chi connectivity index (χ2n) is 4.07. The molecule has 21 heavy (non-hydrogen) atoms. The number of aliphatic carboxylic acids is 1. The highest BCUT2D eigenvalue weighted by molar-refractivity contribution is 5.89. The van der Waals surface area contributed by atoms with Crippen LogP contribution in [0, 0.1) is 5.92 Å². The Kier molecular flexibility index (Phi) is 6.58. The van der Waals surface area contributed by atoms with Gasteiger partial charge in [0.25, 0.3) is 0 Å². The molecule has 6 nitrogen and oxygen atoms in total. The first-order chi connectivity index (χ1) is 9.48. The van der Waals surface area contributed by atoms with E-state index in [4.69, 9.17) is 5.11 Å². The second kappa shape index (κ2) is 7.23. The minimum atomic E-state index is -5.60. The van der Waals surface area contributed by atoms with Gasteiger partial charge in [-0.2, -0.15) is 17.6 Å². The summed E-state index contributed by atoms with van der Waals surface area (Å²) < 4.78 is 59.4. The van der Waals surface area contributed by atoms with Crippen molar-refractivity contribution in [3.05, 3.63) is 0 Å². The number of carbonyl (C=O) groups excluding carboxylic acids is 2. The number of rotatable bonds is 8. The molecular formula is C11H14F4O6. The number of hydrogen-bond acceptors (Lipinski definition) is 5. The van der Waals surface area contributed by atoms with Crippen LogP contribution in [-0.4, -0.2) is 48.1 Å². The molecule has 1 atom stereocenters. The smallest absolute Gasteiger partial charge is 0.415 e. The van der Waals surface area contributed by atoms with E-state index in [2.05, 4.69) is 9.47 Å². The summed E-state index contributed by atoms with van der Waals surface area (Å²) in [5, 5.41) is 7.95. The van der Waals surface area contributed by atoms with E-state index >= 15 is 0 Å². The van der Waals surface area contributed by atoms with Crippen LogP contribution in [0.1, 0.15) is 20.3 Å². The summed E-state index contributed by atoms with van der Waals surface area (Å²) in [6.45, 7) is 1.73. The lowest BCUT2D eigenvalue weighted by Crippen LogP contribution is -2.53. The van der Waals surface area contributed by atoms with Gasteiger partial charge in [-0.1, -0.05) is 13.8 Å². The molecule has 0 rings (SSSR count). The normalized spacial score (nSPS) is 13.4. The van der Waals surface area contributed by atoms with Crippen LogP contribution in [0.2, 0.25) is 0 Å². The number of hydrogen-bond donors (Lipinski definition) is 1. The standard InChI is InChI=1S/C11H14F4O6/c1-3-6(2)7(16)20-4-5-21-9(19)11(14,15)10(12,13)8(17)18/h6H,3-5H2,1-2H3,(H,17,18). The lowest BCUT2D eigenvalue weighted by molar-refractivity contribution is -0.235. The van der Waals surface area contributed by atoms with Gasteiger partial charge in [0, 0.05) is 0 Å². The van der Waals surface area contributed by atoms with Crippen molar-refractivity contribution in [2.24, 2.45) is 5.92 Å². The molecule has 0 radical (unpaired) electrons. The summed E-state index contributed by atoms with van der Waals surface area (Å²) in [6, 6.07) is 0. The molecule has 10 heteroatoms. The molecule has 0 spiro atoms. The minimum absolute atomic E-state index is 0.460. The van der Waals surface area contributed by atoms with Gasteiger partial charge >= 0.3 is 29.8 Å². The Morgan fingerprint density at radius 3 is 1.95 bits per heavy atom. The van der Waals surface area contributed by atoms with E-state index in [-0.39, 0.29) is 0 Å². The molecule has 0 saturated heterocycles. The summed E-state index contributed by atoms with van der Waals surface area (Å²) >= 11 is 0. The highest BCUT2D eigenvalue weighted by Gasteiger charge is 2.68. The number of alkyl halides is 4. The van der Waals surface area contributed by atoms with Crippen molar-refractivity contribution in [3.63, 3.8) is 0 Å². The van der Waals surface area contributed by atoms with E-state index in [0.717, 1.165) is 0 Å². The molecule has 1 N–H and O–H groups in total. The third-order valence-corrected chi connectivity index (χ3v) is 2.49. The van der Waals surface area contributed by atoms with Crippen LogP contribution in [0.15, 0.2) is 0 Å². The summed E-state index contributed by atoms with van der Waals surface area (Å²) in [6.07, 6.45) is 0.460. The largest absolute Gasteiger partial charge is 0.477 e. The third-order valence-electron chi connectivity index (χ3n) is 2.49. The van der Waals surface area contributed by atoms with Crippen LogP contribution >= 0.6 is 0 Å². The quantitative estimate of drug-likeness (QED) is 0.414. The molecule has 0 amide bonds. The van der Waals surface area contributed by atoms with Crippen LogP contribution in [0.5, 0.6) is 0 Å². The first-order valence-corrected chi connectivity index (χ1v) is 5.81. The summed E-state index contributed by atoms with van der Waals surface area (Å²) in [5.41, 5.74) is 0. The van der Waals surface area contributed by atoms with Crippen molar-refractivity contribution >= 4 is 17.9 Å². The number of carboxylic acid groups (broad SMARTS) is 1. The molecule has 0 saturated carbocycles. The maximum absolute atomic E-state index is 12.9. The SMILES string of the molecule is CCC(C)C(=O)OCCOC(=O)C(F)(F)C(F)(F)C(=O)O. The number of carbonyl (C=O) groups is 3. The van der Waals surface area contributed by atoms with E-state index in [0.29, 0.717) is 6.42 Å². The molecule has 0 aliphatic rings. The average molecular weight is 318 g/mol. The van der Waals surface area contributed by atoms with Crippen LogP contribution in [0.25, 0.3) is 0 Å². The van der Waals surface area contributed by atoms with Crippen molar-refractivity contribution in [3.8, 4) is 0 Å². The number of carboxylic acids is 1. The third kappa shape index (κ3) is 4.57. The molecule has 122 valence electrons. The van der Waals surface area contributed by atoms with Gasteiger partial charge in [-0.3, -0.25) is 4.79 Å². The molecule has 0 aromatic rings. The number of ether oxygens (including phenoxy) is 2. The molecule has 0 aromatic heterocycles. The second-order valence-corrected chi connectivity index (χ2v) is 4.07. The fourth-order valence-electron chi connectivity index (χ4n) is 0.939. The van der Waals surface area contributed by atoms with Crippen molar-refractivity contribution < 1.29 is 46.5 Å². The average Bonchev–Trinajstić information content (AvgIpc) is 2.41. The fraction of sp³-hybridized carbons (Fsp3) is 0.727. The molecule has 0 aliphatic heterocycles. The van der Waals surface area contributed by atoms with Crippen LogP contribution in [0.4, 0.5) is 17.6 Å². The first-order valence-electron chi connectivity index (χ1n) is 5.81. The van der Waals surface area contributed by atoms with Gasteiger partial charge in [0.1, 0.15) is 13.2 Å². The van der Waals surface area contributed by atoms with E-state index < -0.39 is 48.9 Å². The van der Waals surface area contributed by atoms with Gasteiger partial charge in [-0.15, -0.1) is 0 Å². The molecule has 0 heterocycles. The van der Waals surface area contributed by atoms with Gasteiger partial charge in [0.2, 0.25) is 0 Å². The van der Waals surface area contributed by atoms with Gasteiger partial charge < -0.3 is 14.6 Å². The lowest BCUT2D eigenvalue weighted by Gasteiger charge is -2.21. The Balaban J connectivity index is 4.39. The van der Waals surface area contributed by atoms with Gasteiger partial charge in [-0.05, 0) is 6.42 Å². The molecule has 0 aromatic carbocycles. The summed E-state index contributed by atoms with van der Waals surface area (Å²) in [5.74, 6) is -18.1.